The highest BCUT2D eigenvalue weighted by Crippen LogP contribution is 2.36. The predicted molar refractivity (Wildman–Crippen MR) is 126 cm³/mol. The first-order valence-electron chi connectivity index (χ1n) is 9.42. The molecular weight excluding hydrogens is 453 g/mol. The summed E-state index contributed by atoms with van der Waals surface area (Å²) < 4.78 is 0. The van der Waals surface area contributed by atoms with Gasteiger partial charge in [-0.3, -0.25) is 4.79 Å². The van der Waals surface area contributed by atoms with Crippen molar-refractivity contribution in [1.29, 1.82) is 0 Å². The number of nitrogens with one attached hydrogen (secondary N) is 1. The molecule has 1 heterocycles. The number of carbonyl (C=O) groups is 1. The fraction of sp³-hybridized carbons (Fsp3) is 0.0417. The third-order valence-corrected chi connectivity index (χ3v) is 5.43. The maximum absolute atomic E-state index is 12.7. The van der Waals surface area contributed by atoms with Gasteiger partial charge in [-0.15, -0.1) is 0 Å². The zero-order valence-corrected chi connectivity index (χ0v) is 18.4. The van der Waals surface area contributed by atoms with Crippen molar-refractivity contribution in [3.63, 3.8) is 0 Å². The molecule has 7 heteroatoms. The molecule has 0 aliphatic rings. The van der Waals surface area contributed by atoms with Crippen LogP contribution in [0.15, 0.2) is 79.0 Å². The number of carbonyl (C=O) groups excluding carboxylic acids is 1. The molecule has 0 saturated carbocycles. The Morgan fingerprint density at radius 3 is 2.26 bits per heavy atom. The molecule has 0 saturated heterocycles. The molecule has 4 aromatic rings. The predicted octanol–water partition coefficient (Wildman–Crippen LogP) is 6.70. The van der Waals surface area contributed by atoms with Crippen LogP contribution >= 0.6 is 34.8 Å². The first-order valence-corrected chi connectivity index (χ1v) is 10.5. The lowest BCUT2D eigenvalue weighted by molar-refractivity contribution is 0.0940. The van der Waals surface area contributed by atoms with Crippen LogP contribution in [0.1, 0.15) is 16.2 Å². The molecule has 3 aromatic carbocycles. The van der Waals surface area contributed by atoms with E-state index in [-0.39, 0.29) is 11.7 Å². The highest BCUT2D eigenvalue weighted by atomic mass is 35.5. The van der Waals surface area contributed by atoms with Gasteiger partial charge in [0.2, 0.25) is 5.82 Å². The number of halogens is 3. The van der Waals surface area contributed by atoms with Crippen LogP contribution in [-0.4, -0.2) is 15.9 Å². The molecule has 0 radical (unpaired) electrons. The molecule has 0 spiro atoms. The highest BCUT2D eigenvalue weighted by molar-refractivity contribution is 6.36. The summed E-state index contributed by atoms with van der Waals surface area (Å²) in [5.41, 5.74) is 3.73. The van der Waals surface area contributed by atoms with Crippen molar-refractivity contribution < 1.29 is 4.79 Å². The normalized spacial score (nSPS) is 10.7. The first kappa shape index (κ1) is 21.3. The van der Waals surface area contributed by atoms with Crippen LogP contribution < -0.4 is 5.32 Å². The maximum Gasteiger partial charge on any atom is 0.289 e. The van der Waals surface area contributed by atoms with Crippen molar-refractivity contribution in [2.24, 2.45) is 0 Å². The van der Waals surface area contributed by atoms with Crippen LogP contribution in [0.25, 0.3) is 22.4 Å². The summed E-state index contributed by atoms with van der Waals surface area (Å²) >= 11 is 18.5. The molecule has 4 nitrogen and oxygen atoms in total. The number of aromatic nitrogens is 2. The molecule has 0 bridgehead atoms. The minimum atomic E-state index is -0.377. The quantitative estimate of drug-likeness (QED) is 0.354. The van der Waals surface area contributed by atoms with E-state index < -0.39 is 0 Å². The lowest BCUT2D eigenvalue weighted by Crippen LogP contribution is -2.25. The monoisotopic (exact) mass is 467 g/mol. The number of nitrogens with zero attached hydrogens (tertiary/aromatic N) is 2. The second-order valence-corrected chi connectivity index (χ2v) is 8.04. The average molecular weight is 469 g/mol. The Morgan fingerprint density at radius 1 is 0.839 bits per heavy atom. The van der Waals surface area contributed by atoms with Gasteiger partial charge >= 0.3 is 0 Å². The summed E-state index contributed by atoms with van der Waals surface area (Å²) in [6, 6.07) is 22.1. The van der Waals surface area contributed by atoms with Gasteiger partial charge < -0.3 is 5.32 Å². The summed E-state index contributed by atoms with van der Waals surface area (Å²) in [4.78, 5) is 21.6. The molecule has 1 aromatic heterocycles. The molecule has 4 rings (SSSR count). The van der Waals surface area contributed by atoms with E-state index in [4.69, 9.17) is 34.8 Å². The summed E-state index contributed by atoms with van der Waals surface area (Å²) in [5, 5.41) is 4.41. The molecule has 0 aliphatic heterocycles. The van der Waals surface area contributed by atoms with Crippen LogP contribution in [0.5, 0.6) is 0 Å². The molecule has 0 fully saturated rings. The Labute approximate surface area is 194 Å². The SMILES string of the molecule is O=C(NCc1ccccc1)c1ncc(-c2ccc(Cl)cc2)c(-c2ccc(Cl)cc2Cl)n1. The second-order valence-electron chi connectivity index (χ2n) is 6.76. The van der Waals surface area contributed by atoms with Gasteiger partial charge in [-0.2, -0.15) is 0 Å². The molecule has 31 heavy (non-hydrogen) atoms. The third kappa shape index (κ3) is 5.05. The molecule has 154 valence electrons. The van der Waals surface area contributed by atoms with E-state index in [1.54, 1.807) is 36.5 Å². The van der Waals surface area contributed by atoms with Gasteiger partial charge in [-0.05, 0) is 41.5 Å². The van der Waals surface area contributed by atoms with Crippen LogP contribution in [0.3, 0.4) is 0 Å². The zero-order chi connectivity index (χ0) is 21.8. The maximum atomic E-state index is 12.7. The van der Waals surface area contributed by atoms with Gasteiger partial charge in [-0.1, -0.05) is 77.3 Å². The number of hydrogen-bond donors (Lipinski definition) is 1. The molecule has 0 unspecified atom stereocenters. The summed E-state index contributed by atoms with van der Waals surface area (Å²) in [5.74, 6) is -0.326. The third-order valence-electron chi connectivity index (χ3n) is 4.63. The minimum absolute atomic E-state index is 0.0506. The van der Waals surface area contributed by atoms with E-state index in [2.05, 4.69) is 15.3 Å². The van der Waals surface area contributed by atoms with E-state index in [1.807, 2.05) is 42.5 Å². The van der Waals surface area contributed by atoms with Crippen LogP contribution in [0.2, 0.25) is 15.1 Å². The smallest absolute Gasteiger partial charge is 0.289 e. The fourth-order valence-corrected chi connectivity index (χ4v) is 3.70. The van der Waals surface area contributed by atoms with Crippen molar-refractivity contribution >= 4 is 40.7 Å². The Morgan fingerprint density at radius 2 is 1.55 bits per heavy atom. The topological polar surface area (TPSA) is 54.9 Å². The van der Waals surface area contributed by atoms with E-state index in [1.165, 1.54) is 0 Å². The van der Waals surface area contributed by atoms with E-state index in [9.17, 15) is 4.79 Å². The Balaban J connectivity index is 1.73. The second kappa shape index (κ2) is 9.48. The first-order chi connectivity index (χ1) is 15.0. The van der Waals surface area contributed by atoms with Crippen molar-refractivity contribution in [2.75, 3.05) is 0 Å². The lowest BCUT2D eigenvalue weighted by Gasteiger charge is -2.13. The van der Waals surface area contributed by atoms with Gasteiger partial charge in [0.05, 0.1) is 10.7 Å². The van der Waals surface area contributed by atoms with Gasteiger partial charge in [-0.25, -0.2) is 9.97 Å². The van der Waals surface area contributed by atoms with E-state index in [0.717, 1.165) is 16.7 Å². The van der Waals surface area contributed by atoms with Gasteiger partial charge in [0.15, 0.2) is 0 Å². The van der Waals surface area contributed by atoms with Gasteiger partial charge in [0.25, 0.3) is 5.91 Å². The Kier molecular flexibility index (Phi) is 6.52. The van der Waals surface area contributed by atoms with Crippen LogP contribution in [0, 0.1) is 0 Å². The van der Waals surface area contributed by atoms with Crippen LogP contribution in [0.4, 0.5) is 0 Å². The number of rotatable bonds is 5. The van der Waals surface area contributed by atoms with Gasteiger partial charge in [0, 0.05) is 33.9 Å². The van der Waals surface area contributed by atoms with Crippen LogP contribution in [-0.2, 0) is 6.54 Å². The molecular formula is C24H16Cl3N3O. The number of benzene rings is 3. The summed E-state index contributed by atoms with van der Waals surface area (Å²) in [7, 11) is 0. The summed E-state index contributed by atoms with van der Waals surface area (Å²) in [6.07, 6.45) is 1.62. The van der Waals surface area contributed by atoms with E-state index in [0.29, 0.717) is 32.9 Å². The summed E-state index contributed by atoms with van der Waals surface area (Å²) in [6.45, 7) is 0.374. The van der Waals surface area contributed by atoms with Crippen molar-refractivity contribution in [3.05, 3.63) is 105 Å². The number of amides is 1. The van der Waals surface area contributed by atoms with Crippen molar-refractivity contribution in [2.45, 2.75) is 6.54 Å². The van der Waals surface area contributed by atoms with E-state index >= 15 is 0 Å². The van der Waals surface area contributed by atoms with Gasteiger partial charge in [0.1, 0.15) is 0 Å². The van der Waals surface area contributed by atoms with Crippen molar-refractivity contribution in [3.8, 4) is 22.4 Å². The Hall–Kier alpha value is -2.92. The highest BCUT2D eigenvalue weighted by Gasteiger charge is 2.18. The molecule has 1 N–H and O–H groups in total. The Bertz CT molecular complexity index is 1230. The number of hydrogen-bond acceptors (Lipinski definition) is 3. The minimum Gasteiger partial charge on any atom is -0.345 e. The average Bonchev–Trinajstić information content (AvgIpc) is 2.78. The molecule has 0 atom stereocenters. The standard InChI is InChI=1S/C24H16Cl3N3O/c25-17-8-6-16(7-9-17)20-14-28-23(24(31)29-13-15-4-2-1-3-5-15)30-22(20)19-11-10-18(26)12-21(19)27/h1-12,14H,13H2,(H,29,31). The largest absolute Gasteiger partial charge is 0.345 e. The molecule has 0 aliphatic carbocycles. The lowest BCUT2D eigenvalue weighted by atomic mass is 10.0. The molecule has 1 amide bonds. The zero-order valence-electron chi connectivity index (χ0n) is 16.1. The van der Waals surface area contributed by atoms with Crippen molar-refractivity contribution in [1.82, 2.24) is 15.3 Å². The fourth-order valence-electron chi connectivity index (χ4n) is 3.08.